The Hall–Kier alpha value is -1.78. The number of hydrogen-bond donors (Lipinski definition) is 2. The van der Waals surface area contributed by atoms with Gasteiger partial charge in [-0.05, 0) is 43.5 Å². The molecule has 1 aliphatic rings. The van der Waals surface area contributed by atoms with Crippen LogP contribution in [0.5, 0.6) is 0 Å². The molecular formula is C19H25NO3. The molecule has 0 aliphatic carbocycles. The lowest BCUT2D eigenvalue weighted by Gasteiger charge is -2.47. The Labute approximate surface area is 137 Å². The molecule has 124 valence electrons. The molecule has 1 fully saturated rings. The molecule has 0 aromatic carbocycles. The second-order valence-corrected chi connectivity index (χ2v) is 6.42. The van der Waals surface area contributed by atoms with E-state index in [1.165, 1.54) is 0 Å². The molecule has 0 unspecified atom stereocenters. The Morgan fingerprint density at radius 3 is 2.57 bits per heavy atom. The summed E-state index contributed by atoms with van der Waals surface area (Å²) in [5, 5.41) is 15.0. The topological polar surface area (TPSA) is 58.5 Å². The van der Waals surface area contributed by atoms with Gasteiger partial charge in [-0.2, -0.15) is 0 Å². The monoisotopic (exact) mass is 315 g/mol. The molecule has 3 rings (SSSR count). The van der Waals surface area contributed by atoms with Crippen LogP contribution in [0.15, 0.2) is 58.3 Å². The van der Waals surface area contributed by atoms with Gasteiger partial charge in [0.15, 0.2) is 0 Å². The maximum atomic E-state index is 11.4. The van der Waals surface area contributed by atoms with Crippen LogP contribution in [0, 0.1) is 5.92 Å². The van der Waals surface area contributed by atoms with E-state index in [4.69, 9.17) is 8.83 Å². The van der Waals surface area contributed by atoms with Crippen molar-refractivity contribution in [3.8, 4) is 0 Å². The lowest BCUT2D eigenvalue weighted by molar-refractivity contribution is -0.0815. The van der Waals surface area contributed by atoms with Gasteiger partial charge in [0.1, 0.15) is 11.5 Å². The molecule has 4 heteroatoms. The summed E-state index contributed by atoms with van der Waals surface area (Å²) in [4.78, 5) is 0. The van der Waals surface area contributed by atoms with Crippen LogP contribution >= 0.6 is 0 Å². The minimum Gasteiger partial charge on any atom is -0.468 e. The van der Waals surface area contributed by atoms with Crippen LogP contribution in [0.3, 0.4) is 0 Å². The standard InChI is InChI=1S/C19H25NO3/c1-3-7-14-18(17-9-6-12-23-17)20-15(16-8-5-11-22-16)13-19(14,21)10-4-2/h4-6,8-9,11-12,14-15,18,20-21H,2-3,7,10,13H2,1H3/t14-,15-,18-,19+/m0/s1. The third kappa shape index (κ3) is 3.14. The lowest BCUT2D eigenvalue weighted by atomic mass is 9.69. The first kappa shape index (κ1) is 16.1. The molecule has 23 heavy (non-hydrogen) atoms. The van der Waals surface area contributed by atoms with E-state index in [2.05, 4.69) is 18.8 Å². The first-order chi connectivity index (χ1) is 11.2. The average molecular weight is 315 g/mol. The van der Waals surface area contributed by atoms with Crippen LogP contribution in [-0.2, 0) is 0 Å². The summed E-state index contributed by atoms with van der Waals surface area (Å²) in [6.45, 7) is 5.99. The molecule has 3 heterocycles. The largest absolute Gasteiger partial charge is 0.468 e. The Bertz CT molecular complexity index is 605. The zero-order valence-corrected chi connectivity index (χ0v) is 13.6. The number of aliphatic hydroxyl groups is 1. The third-order valence-electron chi connectivity index (χ3n) is 4.86. The fourth-order valence-electron chi connectivity index (χ4n) is 3.86. The summed E-state index contributed by atoms with van der Waals surface area (Å²) >= 11 is 0. The normalized spacial score (nSPS) is 31.1. The van der Waals surface area contributed by atoms with Crippen molar-refractivity contribution in [3.63, 3.8) is 0 Å². The summed E-state index contributed by atoms with van der Waals surface area (Å²) in [7, 11) is 0. The molecule has 0 bridgehead atoms. The SMILES string of the molecule is C=CC[C@@]1(O)C[C@@H](c2ccco2)N[C@H](c2ccco2)[C@@H]1CCC. The van der Waals surface area contributed by atoms with Crippen molar-refractivity contribution in [2.75, 3.05) is 0 Å². The fourth-order valence-corrected chi connectivity index (χ4v) is 3.86. The minimum absolute atomic E-state index is 0.0428. The van der Waals surface area contributed by atoms with E-state index in [1.807, 2.05) is 30.3 Å². The Morgan fingerprint density at radius 1 is 1.30 bits per heavy atom. The Kier molecular flexibility index (Phi) is 4.74. The second kappa shape index (κ2) is 6.77. The number of rotatable bonds is 6. The van der Waals surface area contributed by atoms with Crippen LogP contribution in [-0.4, -0.2) is 10.7 Å². The highest BCUT2D eigenvalue weighted by molar-refractivity contribution is 5.17. The zero-order valence-electron chi connectivity index (χ0n) is 13.6. The summed E-state index contributed by atoms with van der Waals surface area (Å²) in [6.07, 6.45) is 8.27. The highest BCUT2D eigenvalue weighted by atomic mass is 16.3. The molecule has 2 aromatic rings. The first-order valence-corrected chi connectivity index (χ1v) is 8.34. The highest BCUT2D eigenvalue weighted by Crippen LogP contribution is 2.47. The van der Waals surface area contributed by atoms with Gasteiger partial charge in [-0.25, -0.2) is 0 Å². The molecular weight excluding hydrogens is 290 g/mol. The predicted molar refractivity (Wildman–Crippen MR) is 88.8 cm³/mol. The summed E-state index contributed by atoms with van der Waals surface area (Å²) in [5.74, 6) is 1.78. The molecule has 2 aromatic heterocycles. The van der Waals surface area contributed by atoms with E-state index >= 15 is 0 Å². The fraction of sp³-hybridized carbons (Fsp3) is 0.474. The van der Waals surface area contributed by atoms with Crippen molar-refractivity contribution in [2.24, 2.45) is 5.92 Å². The van der Waals surface area contributed by atoms with Gasteiger partial charge in [0.25, 0.3) is 0 Å². The predicted octanol–water partition coefficient (Wildman–Crippen LogP) is 4.37. The molecule has 4 nitrogen and oxygen atoms in total. The molecule has 4 atom stereocenters. The Balaban J connectivity index is 1.97. The van der Waals surface area contributed by atoms with E-state index < -0.39 is 5.60 Å². The van der Waals surface area contributed by atoms with Crippen LogP contribution < -0.4 is 5.32 Å². The molecule has 2 N–H and O–H groups in total. The quantitative estimate of drug-likeness (QED) is 0.777. The molecule has 0 spiro atoms. The van der Waals surface area contributed by atoms with Gasteiger partial charge in [0.2, 0.25) is 0 Å². The van der Waals surface area contributed by atoms with Gasteiger partial charge in [-0.1, -0.05) is 19.4 Å². The maximum absolute atomic E-state index is 11.4. The number of hydrogen-bond acceptors (Lipinski definition) is 4. The van der Waals surface area contributed by atoms with Crippen molar-refractivity contribution in [2.45, 2.75) is 50.3 Å². The smallest absolute Gasteiger partial charge is 0.121 e. The van der Waals surface area contributed by atoms with Gasteiger partial charge >= 0.3 is 0 Å². The van der Waals surface area contributed by atoms with Crippen LogP contribution in [0.2, 0.25) is 0 Å². The minimum atomic E-state index is -0.822. The molecule has 0 saturated carbocycles. The highest BCUT2D eigenvalue weighted by Gasteiger charge is 2.48. The van der Waals surface area contributed by atoms with E-state index in [0.29, 0.717) is 12.8 Å². The van der Waals surface area contributed by atoms with Crippen LogP contribution in [0.4, 0.5) is 0 Å². The van der Waals surface area contributed by atoms with E-state index in [9.17, 15) is 5.11 Å². The van der Waals surface area contributed by atoms with Gasteiger partial charge in [0.05, 0.1) is 30.2 Å². The second-order valence-electron chi connectivity index (χ2n) is 6.42. The Morgan fingerprint density at radius 2 is 2.00 bits per heavy atom. The number of nitrogens with one attached hydrogen (secondary N) is 1. The summed E-state index contributed by atoms with van der Waals surface area (Å²) in [5.41, 5.74) is -0.822. The van der Waals surface area contributed by atoms with Gasteiger partial charge in [0, 0.05) is 5.92 Å². The van der Waals surface area contributed by atoms with Crippen molar-refractivity contribution in [1.82, 2.24) is 5.32 Å². The molecule has 0 radical (unpaired) electrons. The maximum Gasteiger partial charge on any atom is 0.121 e. The zero-order chi connectivity index (χ0) is 16.3. The molecule has 1 saturated heterocycles. The molecule has 1 aliphatic heterocycles. The van der Waals surface area contributed by atoms with Crippen molar-refractivity contribution < 1.29 is 13.9 Å². The van der Waals surface area contributed by atoms with Gasteiger partial charge in [-0.3, -0.25) is 5.32 Å². The van der Waals surface area contributed by atoms with Gasteiger partial charge in [-0.15, -0.1) is 6.58 Å². The van der Waals surface area contributed by atoms with E-state index in [0.717, 1.165) is 24.4 Å². The lowest BCUT2D eigenvalue weighted by Crippen LogP contribution is -2.52. The van der Waals surface area contributed by atoms with Crippen LogP contribution in [0.25, 0.3) is 0 Å². The number of piperidine rings is 1. The average Bonchev–Trinajstić information content (AvgIpc) is 3.22. The third-order valence-corrected chi connectivity index (χ3v) is 4.86. The van der Waals surface area contributed by atoms with Crippen LogP contribution in [0.1, 0.15) is 56.2 Å². The van der Waals surface area contributed by atoms with Crippen molar-refractivity contribution in [1.29, 1.82) is 0 Å². The summed E-state index contributed by atoms with van der Waals surface area (Å²) < 4.78 is 11.2. The first-order valence-electron chi connectivity index (χ1n) is 8.34. The molecule has 0 amide bonds. The van der Waals surface area contributed by atoms with Gasteiger partial charge < -0.3 is 13.9 Å². The van der Waals surface area contributed by atoms with E-state index in [1.54, 1.807) is 12.5 Å². The van der Waals surface area contributed by atoms with Crippen molar-refractivity contribution >= 4 is 0 Å². The number of furan rings is 2. The van der Waals surface area contributed by atoms with Crippen molar-refractivity contribution in [3.05, 3.63) is 61.0 Å². The van der Waals surface area contributed by atoms with E-state index in [-0.39, 0.29) is 18.0 Å². The summed E-state index contributed by atoms with van der Waals surface area (Å²) in [6, 6.07) is 7.61.